The Hall–Kier alpha value is -3.98. The highest BCUT2D eigenvalue weighted by Gasteiger charge is 2.31. The van der Waals surface area contributed by atoms with Crippen molar-refractivity contribution >= 4 is 44.8 Å². The Kier molecular flexibility index (Phi) is 9.92. The summed E-state index contributed by atoms with van der Waals surface area (Å²) in [7, 11) is 0. The monoisotopic (exact) mass is 631 g/mol. The number of carbonyl (C=O) groups is 2. The van der Waals surface area contributed by atoms with Gasteiger partial charge in [-0.2, -0.15) is 0 Å². The molecule has 0 spiro atoms. The quantitative estimate of drug-likeness (QED) is 0.218. The Balaban J connectivity index is 1.02. The third-order valence-corrected chi connectivity index (χ3v) is 8.61. The van der Waals surface area contributed by atoms with Gasteiger partial charge < -0.3 is 15.4 Å². The fraction of sp³-hybridized carbons (Fsp3) is 0.393. The van der Waals surface area contributed by atoms with Crippen molar-refractivity contribution in [3.05, 3.63) is 69.9 Å². The fourth-order valence-corrected chi connectivity index (χ4v) is 6.68. The van der Waals surface area contributed by atoms with Crippen molar-refractivity contribution in [1.82, 2.24) is 25.4 Å². The van der Waals surface area contributed by atoms with Crippen LogP contribution in [0.25, 0.3) is 0 Å². The van der Waals surface area contributed by atoms with E-state index in [1.807, 2.05) is 6.07 Å². The molecule has 1 aromatic carbocycles. The molecule has 0 aliphatic heterocycles. The Morgan fingerprint density at radius 3 is 1.98 bits per heavy atom. The van der Waals surface area contributed by atoms with Crippen molar-refractivity contribution < 1.29 is 27.5 Å². The van der Waals surface area contributed by atoms with E-state index >= 15 is 0 Å². The standard InChI is InChI=1S/C28H28F3N7O3S2/c29-28(30,31)41-21-6-3-4-19(12-21)13-22(39)33-26-37-35-24(42-26)14-17-7-9-18(10-8-17)15-25-36-38-27(43-25)34-23(40)16-20-5-1-2-11-32-20/h1-6,11-12,17-18H,7-10,13-16H2,(H,33,37,39)(H,34,38,40). The van der Waals surface area contributed by atoms with E-state index in [1.54, 1.807) is 24.4 Å². The first-order valence-electron chi connectivity index (χ1n) is 13.7. The van der Waals surface area contributed by atoms with Crippen LogP contribution in [0.5, 0.6) is 5.75 Å². The first kappa shape index (κ1) is 30.5. The predicted molar refractivity (Wildman–Crippen MR) is 155 cm³/mol. The average molecular weight is 632 g/mol. The van der Waals surface area contributed by atoms with E-state index in [2.05, 4.69) is 40.7 Å². The summed E-state index contributed by atoms with van der Waals surface area (Å²) >= 11 is 2.71. The molecule has 5 rings (SSSR count). The predicted octanol–water partition coefficient (Wildman–Crippen LogP) is 5.64. The van der Waals surface area contributed by atoms with Crippen LogP contribution in [-0.4, -0.2) is 43.6 Å². The third-order valence-electron chi connectivity index (χ3n) is 6.88. The van der Waals surface area contributed by atoms with Gasteiger partial charge in [0.05, 0.1) is 12.8 Å². The largest absolute Gasteiger partial charge is 0.573 e. The van der Waals surface area contributed by atoms with Crippen LogP contribution in [0, 0.1) is 11.8 Å². The van der Waals surface area contributed by atoms with E-state index < -0.39 is 12.3 Å². The summed E-state index contributed by atoms with van der Waals surface area (Å²) in [6.45, 7) is 0. The van der Waals surface area contributed by atoms with Crippen LogP contribution in [0.1, 0.15) is 47.0 Å². The maximum Gasteiger partial charge on any atom is 0.573 e. The summed E-state index contributed by atoms with van der Waals surface area (Å²) in [5.74, 6) is -0.00337. The van der Waals surface area contributed by atoms with Crippen LogP contribution in [-0.2, 0) is 35.3 Å². The molecule has 1 aliphatic rings. The van der Waals surface area contributed by atoms with Crippen molar-refractivity contribution in [1.29, 1.82) is 0 Å². The van der Waals surface area contributed by atoms with Crippen molar-refractivity contribution in [2.24, 2.45) is 11.8 Å². The average Bonchev–Trinajstić information content (AvgIpc) is 3.58. The van der Waals surface area contributed by atoms with Crippen LogP contribution in [0.4, 0.5) is 23.4 Å². The Labute approximate surface area is 253 Å². The molecule has 43 heavy (non-hydrogen) atoms. The fourth-order valence-electron chi connectivity index (χ4n) is 4.94. The molecule has 0 bridgehead atoms. The third kappa shape index (κ3) is 9.78. The number of anilines is 2. The smallest absolute Gasteiger partial charge is 0.406 e. The number of hydrogen-bond donors (Lipinski definition) is 2. The molecule has 1 fully saturated rings. The zero-order chi connectivity index (χ0) is 30.2. The summed E-state index contributed by atoms with van der Waals surface area (Å²) in [4.78, 5) is 28.9. The molecular formula is C28H28F3N7O3S2. The number of amides is 2. The highest BCUT2D eigenvalue weighted by molar-refractivity contribution is 7.15. The van der Waals surface area contributed by atoms with Gasteiger partial charge in [-0.25, -0.2) is 0 Å². The zero-order valence-electron chi connectivity index (χ0n) is 22.8. The normalized spacial score (nSPS) is 16.9. The summed E-state index contributed by atoms with van der Waals surface area (Å²) in [5, 5.41) is 24.7. The molecule has 15 heteroatoms. The molecule has 3 heterocycles. The molecule has 0 unspecified atom stereocenters. The van der Waals surface area contributed by atoms with Crippen molar-refractivity contribution in [3.8, 4) is 5.75 Å². The minimum Gasteiger partial charge on any atom is -0.406 e. The SMILES string of the molecule is O=C(Cc1cccc(OC(F)(F)F)c1)Nc1nnc(CC2CCC(Cc3nnc(NC(=O)Cc4ccccn4)s3)CC2)s1. The molecule has 3 aromatic heterocycles. The maximum absolute atomic E-state index is 12.5. The van der Waals surface area contributed by atoms with Gasteiger partial charge in [-0.1, -0.05) is 40.9 Å². The van der Waals surface area contributed by atoms with E-state index in [0.717, 1.165) is 48.5 Å². The second kappa shape index (κ2) is 14.0. The number of alkyl halides is 3. The molecule has 1 saturated carbocycles. The lowest BCUT2D eigenvalue weighted by Gasteiger charge is -2.27. The Bertz CT molecular complexity index is 1520. The van der Waals surface area contributed by atoms with Gasteiger partial charge in [0, 0.05) is 24.7 Å². The van der Waals surface area contributed by atoms with Gasteiger partial charge in [-0.3, -0.25) is 14.6 Å². The number of aromatic nitrogens is 5. The molecule has 2 amide bonds. The summed E-state index contributed by atoms with van der Waals surface area (Å²) in [5.41, 5.74) is 1.08. The van der Waals surface area contributed by atoms with Gasteiger partial charge in [-0.15, -0.1) is 33.6 Å². The molecule has 0 atom stereocenters. The highest BCUT2D eigenvalue weighted by Crippen LogP contribution is 2.34. The molecule has 2 N–H and O–H groups in total. The number of halogens is 3. The Morgan fingerprint density at radius 1 is 0.814 bits per heavy atom. The van der Waals surface area contributed by atoms with Crippen LogP contribution in [0.15, 0.2) is 48.7 Å². The summed E-state index contributed by atoms with van der Waals surface area (Å²) < 4.78 is 41.3. The van der Waals surface area contributed by atoms with Crippen LogP contribution in [0.2, 0.25) is 0 Å². The second-order valence-corrected chi connectivity index (χ2v) is 12.4. The molecule has 4 aromatic rings. The van der Waals surface area contributed by atoms with Crippen molar-refractivity contribution in [3.63, 3.8) is 0 Å². The van der Waals surface area contributed by atoms with E-state index in [-0.39, 0.29) is 24.5 Å². The van der Waals surface area contributed by atoms with E-state index in [0.29, 0.717) is 33.4 Å². The number of nitrogens with zero attached hydrogens (tertiary/aromatic N) is 5. The van der Waals surface area contributed by atoms with Gasteiger partial charge in [0.2, 0.25) is 22.1 Å². The first-order chi connectivity index (χ1) is 20.7. The maximum atomic E-state index is 12.5. The molecule has 0 radical (unpaired) electrons. The number of rotatable bonds is 11. The van der Waals surface area contributed by atoms with E-state index in [1.165, 1.54) is 40.9 Å². The van der Waals surface area contributed by atoms with E-state index in [9.17, 15) is 22.8 Å². The number of pyridine rings is 1. The second-order valence-electron chi connectivity index (χ2n) is 10.3. The number of nitrogens with one attached hydrogen (secondary N) is 2. The van der Waals surface area contributed by atoms with Crippen molar-refractivity contribution in [2.45, 2.75) is 57.7 Å². The summed E-state index contributed by atoms with van der Waals surface area (Å²) in [6, 6.07) is 10.8. The van der Waals surface area contributed by atoms with Crippen molar-refractivity contribution in [2.75, 3.05) is 10.6 Å². The molecule has 0 saturated heterocycles. The number of benzene rings is 1. The number of hydrogen-bond acceptors (Lipinski definition) is 10. The van der Waals surface area contributed by atoms with Crippen LogP contribution >= 0.6 is 22.7 Å². The van der Waals surface area contributed by atoms with Crippen LogP contribution in [0.3, 0.4) is 0 Å². The molecular weight excluding hydrogens is 603 g/mol. The summed E-state index contributed by atoms with van der Waals surface area (Å²) in [6.07, 6.45) is 2.67. The lowest BCUT2D eigenvalue weighted by atomic mass is 9.79. The van der Waals surface area contributed by atoms with Gasteiger partial charge in [-0.05, 0) is 67.3 Å². The zero-order valence-corrected chi connectivity index (χ0v) is 24.5. The molecule has 226 valence electrons. The minimum atomic E-state index is -4.80. The lowest BCUT2D eigenvalue weighted by Crippen LogP contribution is -2.18. The van der Waals surface area contributed by atoms with Gasteiger partial charge in [0.25, 0.3) is 0 Å². The van der Waals surface area contributed by atoms with Gasteiger partial charge >= 0.3 is 6.36 Å². The minimum absolute atomic E-state index is 0.123. The van der Waals surface area contributed by atoms with Gasteiger partial charge in [0.15, 0.2) is 0 Å². The lowest BCUT2D eigenvalue weighted by molar-refractivity contribution is -0.274. The first-order valence-corrected chi connectivity index (χ1v) is 15.3. The van der Waals surface area contributed by atoms with Crippen LogP contribution < -0.4 is 15.4 Å². The molecule has 10 nitrogen and oxygen atoms in total. The topological polar surface area (TPSA) is 132 Å². The molecule has 1 aliphatic carbocycles. The number of ether oxygens (including phenoxy) is 1. The van der Waals surface area contributed by atoms with Gasteiger partial charge in [0.1, 0.15) is 15.8 Å². The van der Waals surface area contributed by atoms with E-state index in [4.69, 9.17) is 0 Å². The Morgan fingerprint density at radius 2 is 1.42 bits per heavy atom. The number of carbonyl (C=O) groups excluding carboxylic acids is 2. The highest BCUT2D eigenvalue weighted by atomic mass is 32.1.